The van der Waals surface area contributed by atoms with E-state index in [-0.39, 0.29) is 5.92 Å². The Kier molecular flexibility index (Phi) is 8.53. The van der Waals surface area contributed by atoms with Gasteiger partial charge in [0.1, 0.15) is 0 Å². The van der Waals surface area contributed by atoms with Gasteiger partial charge < -0.3 is 15.7 Å². The molecule has 0 aliphatic carbocycles. The highest BCUT2D eigenvalue weighted by atomic mass is 35.5. The van der Waals surface area contributed by atoms with Crippen LogP contribution in [0, 0.1) is 5.92 Å². The van der Waals surface area contributed by atoms with Crippen molar-refractivity contribution < 1.29 is 5.11 Å². The Balaban J connectivity index is 1.47. The van der Waals surface area contributed by atoms with Crippen molar-refractivity contribution >= 4 is 40.5 Å². The van der Waals surface area contributed by atoms with Crippen LogP contribution in [0.1, 0.15) is 24.3 Å². The van der Waals surface area contributed by atoms with Crippen molar-refractivity contribution in [1.29, 1.82) is 0 Å². The summed E-state index contributed by atoms with van der Waals surface area (Å²) in [7, 11) is 0. The minimum Gasteiger partial charge on any atom is -0.361 e. The van der Waals surface area contributed by atoms with E-state index in [1.807, 2.05) is 18.2 Å². The predicted molar refractivity (Wildman–Crippen MR) is 139 cm³/mol. The first-order valence-electron chi connectivity index (χ1n) is 11.2. The van der Waals surface area contributed by atoms with E-state index in [1.165, 1.54) is 5.56 Å². The molecular formula is C26H28Cl3N3O. The average molecular weight is 505 g/mol. The molecule has 3 aromatic carbocycles. The van der Waals surface area contributed by atoms with Gasteiger partial charge in [-0.25, -0.2) is 0 Å². The van der Waals surface area contributed by atoms with Crippen LogP contribution in [0.25, 0.3) is 11.1 Å². The van der Waals surface area contributed by atoms with Crippen LogP contribution in [0.4, 0.5) is 5.69 Å². The number of rotatable bonds is 8. The Morgan fingerprint density at radius 2 is 1.55 bits per heavy atom. The van der Waals surface area contributed by atoms with E-state index in [9.17, 15) is 5.11 Å². The molecule has 2 atom stereocenters. The Bertz CT molecular complexity index is 1030. The first-order chi connectivity index (χ1) is 16.0. The normalized spacial score (nSPS) is 16.4. The molecule has 4 rings (SSSR count). The Hall–Kier alpha value is -1.79. The first-order valence-corrected chi connectivity index (χ1v) is 12.3. The summed E-state index contributed by atoms with van der Waals surface area (Å²) in [5.41, 5.74) is 4.16. The lowest BCUT2D eigenvalue weighted by Crippen LogP contribution is -2.41. The van der Waals surface area contributed by atoms with E-state index in [0.717, 1.165) is 42.1 Å². The predicted octanol–water partition coefficient (Wildman–Crippen LogP) is 6.37. The Morgan fingerprint density at radius 1 is 0.848 bits per heavy atom. The molecule has 7 heteroatoms. The number of halogens is 3. The highest BCUT2D eigenvalue weighted by molar-refractivity contribution is 6.35. The number of benzene rings is 3. The van der Waals surface area contributed by atoms with Crippen LogP contribution in [0.3, 0.4) is 0 Å². The Labute approximate surface area is 210 Å². The summed E-state index contributed by atoms with van der Waals surface area (Å²) < 4.78 is 0. The highest BCUT2D eigenvalue weighted by Gasteiger charge is 2.25. The zero-order valence-electron chi connectivity index (χ0n) is 18.2. The smallest absolute Gasteiger partial charge is 0.181 e. The summed E-state index contributed by atoms with van der Waals surface area (Å²) >= 11 is 18.3. The molecular weight excluding hydrogens is 477 g/mol. The van der Waals surface area contributed by atoms with Gasteiger partial charge in [-0.15, -0.1) is 0 Å². The van der Waals surface area contributed by atoms with E-state index in [2.05, 4.69) is 46.3 Å². The summed E-state index contributed by atoms with van der Waals surface area (Å²) in [6.45, 7) is 2.68. The molecule has 0 amide bonds. The van der Waals surface area contributed by atoms with Crippen LogP contribution < -0.4 is 16.0 Å². The second kappa shape index (κ2) is 11.6. The number of hydrogen-bond donors (Lipinski definition) is 4. The maximum absolute atomic E-state index is 10.6. The van der Waals surface area contributed by atoms with Gasteiger partial charge in [0.25, 0.3) is 0 Å². The monoisotopic (exact) mass is 503 g/mol. The third-order valence-corrected chi connectivity index (χ3v) is 6.82. The van der Waals surface area contributed by atoms with E-state index in [1.54, 1.807) is 18.2 Å². The standard InChI is InChI=1S/C26H28Cl3N3O/c27-21-3-1-2-20(12-21)17-4-6-18(7-5-17)25(19-8-10-30-11-9-19)16-31-26(33)32-24-14-22(28)13-23(29)15-24/h1-7,12-15,19,25-26,30-33H,8-11,16H2/t25?,26-/m1/s1. The third kappa shape index (κ3) is 6.86. The lowest BCUT2D eigenvalue weighted by Gasteiger charge is -2.32. The van der Waals surface area contributed by atoms with E-state index in [0.29, 0.717) is 28.2 Å². The van der Waals surface area contributed by atoms with Gasteiger partial charge in [-0.2, -0.15) is 0 Å². The van der Waals surface area contributed by atoms with Crippen LogP contribution in [0.5, 0.6) is 0 Å². The van der Waals surface area contributed by atoms with E-state index >= 15 is 0 Å². The van der Waals surface area contributed by atoms with Crippen molar-refractivity contribution in [2.45, 2.75) is 25.1 Å². The topological polar surface area (TPSA) is 56.3 Å². The maximum atomic E-state index is 10.6. The minimum absolute atomic E-state index is 0.278. The second-order valence-electron chi connectivity index (χ2n) is 8.44. The highest BCUT2D eigenvalue weighted by Crippen LogP contribution is 2.32. The molecule has 0 radical (unpaired) electrons. The molecule has 1 aliphatic heterocycles. The fraction of sp³-hybridized carbons (Fsp3) is 0.308. The molecule has 0 bridgehead atoms. The van der Waals surface area contributed by atoms with Gasteiger partial charge in [-0.1, -0.05) is 71.2 Å². The van der Waals surface area contributed by atoms with Crippen LogP contribution in [0.15, 0.2) is 66.7 Å². The summed E-state index contributed by atoms with van der Waals surface area (Å²) in [6.07, 6.45) is 1.29. The number of piperidine rings is 1. The quantitative estimate of drug-likeness (QED) is 0.269. The molecule has 1 fully saturated rings. The number of nitrogens with one attached hydrogen (secondary N) is 3. The minimum atomic E-state index is -0.922. The molecule has 4 nitrogen and oxygen atoms in total. The van der Waals surface area contributed by atoms with Crippen LogP contribution >= 0.6 is 34.8 Å². The van der Waals surface area contributed by atoms with Crippen molar-refractivity contribution in [3.63, 3.8) is 0 Å². The van der Waals surface area contributed by atoms with Crippen LogP contribution in [-0.4, -0.2) is 31.1 Å². The fourth-order valence-corrected chi connectivity index (χ4v) is 5.20. The molecule has 0 spiro atoms. The maximum Gasteiger partial charge on any atom is 0.181 e. The SMILES string of the molecule is O[C@H](NCC(c1ccc(-c2cccc(Cl)c2)cc1)C1CCNCC1)Nc1cc(Cl)cc(Cl)c1. The molecule has 33 heavy (non-hydrogen) atoms. The van der Waals surface area contributed by atoms with Gasteiger partial charge in [-0.3, -0.25) is 5.32 Å². The first kappa shape index (κ1) is 24.3. The zero-order chi connectivity index (χ0) is 23.2. The Morgan fingerprint density at radius 3 is 2.21 bits per heavy atom. The molecule has 4 N–H and O–H groups in total. The summed E-state index contributed by atoms with van der Waals surface area (Å²) in [5, 5.41) is 22.0. The largest absolute Gasteiger partial charge is 0.361 e. The van der Waals surface area contributed by atoms with Gasteiger partial charge in [-0.05, 0) is 84.8 Å². The van der Waals surface area contributed by atoms with Crippen molar-refractivity contribution in [2.24, 2.45) is 5.92 Å². The van der Waals surface area contributed by atoms with Gasteiger partial charge >= 0.3 is 0 Å². The molecule has 1 aliphatic rings. The fourth-order valence-electron chi connectivity index (χ4n) is 4.48. The number of aliphatic hydroxyl groups is 1. The van der Waals surface area contributed by atoms with Gasteiger partial charge in [0.05, 0.1) is 0 Å². The summed E-state index contributed by atoms with van der Waals surface area (Å²) in [6, 6.07) is 21.7. The van der Waals surface area contributed by atoms with Crippen molar-refractivity contribution in [3.8, 4) is 11.1 Å². The zero-order valence-corrected chi connectivity index (χ0v) is 20.5. The van der Waals surface area contributed by atoms with Crippen LogP contribution in [0.2, 0.25) is 15.1 Å². The molecule has 0 saturated carbocycles. The molecule has 174 valence electrons. The van der Waals surface area contributed by atoms with Gasteiger partial charge in [0.2, 0.25) is 0 Å². The van der Waals surface area contributed by atoms with E-state index < -0.39 is 6.35 Å². The molecule has 1 unspecified atom stereocenters. The second-order valence-corrected chi connectivity index (χ2v) is 9.75. The molecule has 1 heterocycles. The molecule has 3 aromatic rings. The van der Waals surface area contributed by atoms with Crippen molar-refractivity contribution in [2.75, 3.05) is 25.0 Å². The van der Waals surface area contributed by atoms with Gasteiger partial charge in [0.15, 0.2) is 6.35 Å². The summed E-state index contributed by atoms with van der Waals surface area (Å²) in [5.74, 6) is 0.809. The van der Waals surface area contributed by atoms with Crippen molar-refractivity contribution in [3.05, 3.63) is 87.4 Å². The lowest BCUT2D eigenvalue weighted by molar-refractivity contribution is 0.156. The molecule has 1 saturated heterocycles. The average Bonchev–Trinajstić information content (AvgIpc) is 2.80. The number of hydrogen-bond acceptors (Lipinski definition) is 4. The lowest BCUT2D eigenvalue weighted by atomic mass is 9.80. The van der Waals surface area contributed by atoms with E-state index in [4.69, 9.17) is 34.8 Å². The summed E-state index contributed by atoms with van der Waals surface area (Å²) in [4.78, 5) is 0. The number of anilines is 1. The van der Waals surface area contributed by atoms with Crippen LogP contribution in [-0.2, 0) is 0 Å². The van der Waals surface area contributed by atoms with Crippen molar-refractivity contribution in [1.82, 2.24) is 10.6 Å². The van der Waals surface area contributed by atoms with Gasteiger partial charge in [0, 0.05) is 27.3 Å². The third-order valence-electron chi connectivity index (χ3n) is 6.15. The number of aliphatic hydroxyl groups excluding tert-OH is 1. The molecule has 0 aromatic heterocycles.